The van der Waals surface area contributed by atoms with Crippen molar-refractivity contribution in [1.29, 1.82) is 0 Å². The number of aliphatic hydroxyl groups is 1. The molecule has 0 heterocycles. The molecular weight excluding hydrogens is 269 g/mol. The van der Waals surface area contributed by atoms with Crippen LogP contribution in [0.4, 0.5) is 4.39 Å². The average Bonchev–Trinajstić information content (AvgIpc) is 3.35. The number of rotatable bonds is 4. The zero-order valence-electron chi connectivity index (χ0n) is 11.8. The summed E-state index contributed by atoms with van der Waals surface area (Å²) in [6.07, 6.45) is 4.89. The minimum atomic E-state index is -0.575. The van der Waals surface area contributed by atoms with E-state index in [1.54, 1.807) is 6.07 Å². The van der Waals surface area contributed by atoms with Gasteiger partial charge in [0, 0.05) is 12.1 Å². The van der Waals surface area contributed by atoms with Crippen LogP contribution in [0.5, 0.6) is 0 Å². The third kappa shape index (κ3) is 3.08. The number of carbonyl (C=O) groups excluding carboxylic acids is 1. The van der Waals surface area contributed by atoms with Crippen LogP contribution in [0.15, 0.2) is 18.2 Å². The zero-order chi connectivity index (χ0) is 14.9. The number of aliphatic hydroxyl groups excluding tert-OH is 1. The molecule has 0 saturated heterocycles. The van der Waals surface area contributed by atoms with E-state index in [2.05, 4.69) is 17.2 Å². The van der Waals surface area contributed by atoms with Gasteiger partial charge in [0.1, 0.15) is 12.4 Å². The zero-order valence-corrected chi connectivity index (χ0v) is 11.8. The number of nitrogens with one attached hydrogen (secondary N) is 1. The van der Waals surface area contributed by atoms with Crippen LogP contribution in [0.25, 0.3) is 0 Å². The standard InChI is InChI=1S/C17H18FNO2/c18-15-10-12(2-1-9-20)3-6-14(15)16(21)19-11-17(7-8-17)13-4-5-13/h3,6,10,13,20H,4-5,7-9,11H2,(H,19,21). The lowest BCUT2D eigenvalue weighted by atomic mass is 10.0. The van der Waals surface area contributed by atoms with Gasteiger partial charge in [-0.3, -0.25) is 4.79 Å². The Balaban J connectivity index is 1.64. The Labute approximate surface area is 123 Å². The molecule has 0 aromatic heterocycles. The first kappa shape index (κ1) is 14.1. The molecule has 1 amide bonds. The molecule has 4 heteroatoms. The summed E-state index contributed by atoms with van der Waals surface area (Å²) >= 11 is 0. The van der Waals surface area contributed by atoms with Crippen LogP contribution in [0.2, 0.25) is 0 Å². The molecule has 0 atom stereocenters. The van der Waals surface area contributed by atoms with Crippen molar-refractivity contribution < 1.29 is 14.3 Å². The Kier molecular flexibility index (Phi) is 3.69. The number of hydrogen-bond donors (Lipinski definition) is 2. The molecule has 2 N–H and O–H groups in total. The van der Waals surface area contributed by atoms with Crippen molar-refractivity contribution >= 4 is 5.91 Å². The molecule has 1 aromatic carbocycles. The van der Waals surface area contributed by atoms with Crippen LogP contribution >= 0.6 is 0 Å². The molecule has 0 unspecified atom stereocenters. The Morgan fingerprint density at radius 3 is 2.76 bits per heavy atom. The third-order valence-electron chi connectivity index (χ3n) is 4.46. The normalized spacial score (nSPS) is 18.6. The van der Waals surface area contributed by atoms with Crippen molar-refractivity contribution in [3.8, 4) is 11.8 Å². The van der Waals surface area contributed by atoms with E-state index in [9.17, 15) is 9.18 Å². The molecule has 21 heavy (non-hydrogen) atoms. The summed E-state index contributed by atoms with van der Waals surface area (Å²) in [5.74, 6) is 4.90. The molecule has 0 spiro atoms. The summed E-state index contributed by atoms with van der Waals surface area (Å²) in [4.78, 5) is 12.1. The lowest BCUT2D eigenvalue weighted by Crippen LogP contribution is -2.31. The van der Waals surface area contributed by atoms with Gasteiger partial charge in [0.2, 0.25) is 0 Å². The summed E-state index contributed by atoms with van der Waals surface area (Å²) in [5.41, 5.74) is 0.810. The number of halogens is 1. The Morgan fingerprint density at radius 2 is 2.19 bits per heavy atom. The molecule has 2 aliphatic carbocycles. The maximum Gasteiger partial charge on any atom is 0.254 e. The van der Waals surface area contributed by atoms with Crippen molar-refractivity contribution in [3.05, 3.63) is 35.1 Å². The third-order valence-corrected chi connectivity index (χ3v) is 4.46. The fourth-order valence-corrected chi connectivity index (χ4v) is 2.86. The molecule has 1 aromatic rings. The topological polar surface area (TPSA) is 49.3 Å². The van der Waals surface area contributed by atoms with Crippen LogP contribution in [-0.4, -0.2) is 24.2 Å². The Morgan fingerprint density at radius 1 is 1.43 bits per heavy atom. The van der Waals surface area contributed by atoms with E-state index < -0.39 is 5.82 Å². The lowest BCUT2D eigenvalue weighted by molar-refractivity contribution is 0.0938. The van der Waals surface area contributed by atoms with E-state index >= 15 is 0 Å². The van der Waals surface area contributed by atoms with E-state index in [-0.39, 0.29) is 18.1 Å². The van der Waals surface area contributed by atoms with E-state index in [1.165, 1.54) is 37.8 Å². The predicted octanol–water partition coefficient (Wildman–Crippen LogP) is 2.09. The van der Waals surface area contributed by atoms with Crippen molar-refractivity contribution in [2.24, 2.45) is 11.3 Å². The summed E-state index contributed by atoms with van der Waals surface area (Å²) < 4.78 is 13.9. The highest BCUT2D eigenvalue weighted by molar-refractivity contribution is 5.94. The SMILES string of the molecule is O=C(NCC1(C2CC2)CC1)c1ccc(C#CCO)cc1F. The quantitative estimate of drug-likeness (QED) is 0.833. The van der Waals surface area contributed by atoms with Crippen molar-refractivity contribution in [1.82, 2.24) is 5.32 Å². The number of carbonyl (C=O) groups is 1. The maximum atomic E-state index is 13.9. The van der Waals surface area contributed by atoms with Crippen molar-refractivity contribution in [2.75, 3.05) is 13.2 Å². The fraction of sp³-hybridized carbons (Fsp3) is 0.471. The van der Waals surface area contributed by atoms with E-state index in [0.29, 0.717) is 17.5 Å². The van der Waals surface area contributed by atoms with Crippen LogP contribution in [0, 0.1) is 29.0 Å². The van der Waals surface area contributed by atoms with E-state index in [0.717, 1.165) is 5.92 Å². The molecule has 3 nitrogen and oxygen atoms in total. The minimum Gasteiger partial charge on any atom is -0.384 e. The van der Waals surface area contributed by atoms with Crippen LogP contribution in [0.1, 0.15) is 41.6 Å². The van der Waals surface area contributed by atoms with Crippen LogP contribution < -0.4 is 5.32 Å². The fourth-order valence-electron chi connectivity index (χ4n) is 2.86. The highest BCUT2D eigenvalue weighted by Crippen LogP contribution is 2.60. The molecule has 0 aliphatic heterocycles. The number of amides is 1. The Hall–Kier alpha value is -1.86. The lowest BCUT2D eigenvalue weighted by Gasteiger charge is -2.15. The number of benzene rings is 1. The van der Waals surface area contributed by atoms with Crippen molar-refractivity contribution in [3.63, 3.8) is 0 Å². The molecule has 2 fully saturated rings. The summed E-state index contributed by atoms with van der Waals surface area (Å²) in [5, 5.41) is 11.5. The second-order valence-corrected chi connectivity index (χ2v) is 5.97. The predicted molar refractivity (Wildman–Crippen MR) is 77.1 cm³/mol. The molecule has 2 aliphatic rings. The first-order valence-corrected chi connectivity index (χ1v) is 7.32. The van der Waals surface area contributed by atoms with E-state index in [1.807, 2.05) is 0 Å². The minimum absolute atomic E-state index is 0.0520. The molecular formula is C17H18FNO2. The highest BCUT2D eigenvalue weighted by atomic mass is 19.1. The molecule has 2 saturated carbocycles. The first-order valence-electron chi connectivity index (χ1n) is 7.32. The van der Waals surface area contributed by atoms with Crippen LogP contribution in [0.3, 0.4) is 0 Å². The second kappa shape index (κ2) is 5.50. The Bertz CT molecular complexity index is 621. The molecule has 0 bridgehead atoms. The van der Waals surface area contributed by atoms with Gasteiger partial charge >= 0.3 is 0 Å². The highest BCUT2D eigenvalue weighted by Gasteiger charge is 2.53. The van der Waals surface area contributed by atoms with Crippen LogP contribution in [-0.2, 0) is 0 Å². The van der Waals surface area contributed by atoms with Gasteiger partial charge in [-0.05, 0) is 55.2 Å². The van der Waals surface area contributed by atoms with Gasteiger partial charge in [0.15, 0.2) is 0 Å². The second-order valence-electron chi connectivity index (χ2n) is 5.97. The van der Waals surface area contributed by atoms with Gasteiger partial charge in [0.05, 0.1) is 5.56 Å². The first-order chi connectivity index (χ1) is 10.1. The van der Waals surface area contributed by atoms with E-state index in [4.69, 9.17) is 5.11 Å². The molecule has 0 radical (unpaired) electrons. The van der Waals surface area contributed by atoms with Crippen molar-refractivity contribution in [2.45, 2.75) is 25.7 Å². The average molecular weight is 287 g/mol. The van der Waals surface area contributed by atoms with Gasteiger partial charge in [-0.25, -0.2) is 4.39 Å². The maximum absolute atomic E-state index is 13.9. The molecule has 110 valence electrons. The monoisotopic (exact) mass is 287 g/mol. The summed E-state index contributed by atoms with van der Waals surface area (Å²) in [7, 11) is 0. The van der Waals surface area contributed by atoms with Gasteiger partial charge in [-0.15, -0.1) is 0 Å². The van der Waals surface area contributed by atoms with Gasteiger partial charge < -0.3 is 10.4 Å². The van der Waals surface area contributed by atoms with Gasteiger partial charge in [0.25, 0.3) is 5.91 Å². The van der Waals surface area contributed by atoms with Gasteiger partial charge in [-0.2, -0.15) is 0 Å². The summed E-state index contributed by atoms with van der Waals surface area (Å²) in [6, 6.07) is 4.27. The smallest absolute Gasteiger partial charge is 0.254 e. The van der Waals surface area contributed by atoms with Gasteiger partial charge in [-0.1, -0.05) is 11.8 Å². The summed E-state index contributed by atoms with van der Waals surface area (Å²) in [6.45, 7) is 0.384. The number of hydrogen-bond acceptors (Lipinski definition) is 2. The molecule has 3 rings (SSSR count). The largest absolute Gasteiger partial charge is 0.384 e.